The Labute approximate surface area is 104 Å². The number of rotatable bonds is 5. The minimum absolute atomic E-state index is 0.798. The smallest absolute Gasteiger partial charge is 0.0369 e. The van der Waals surface area contributed by atoms with Crippen LogP contribution in [0.15, 0.2) is 24.3 Å². The van der Waals surface area contributed by atoms with Crippen LogP contribution >= 0.6 is 0 Å². The van der Waals surface area contributed by atoms with Crippen LogP contribution in [0.4, 0.5) is 5.69 Å². The quantitative estimate of drug-likeness (QED) is 0.836. The van der Waals surface area contributed by atoms with Crippen LogP contribution in [-0.2, 0) is 6.54 Å². The van der Waals surface area contributed by atoms with Crippen LogP contribution in [0.25, 0.3) is 0 Å². The summed E-state index contributed by atoms with van der Waals surface area (Å²) < 4.78 is 0. The van der Waals surface area contributed by atoms with Crippen molar-refractivity contribution < 1.29 is 0 Å². The van der Waals surface area contributed by atoms with Gasteiger partial charge in [0.25, 0.3) is 0 Å². The van der Waals surface area contributed by atoms with Crippen molar-refractivity contribution in [2.45, 2.75) is 38.8 Å². The highest BCUT2D eigenvalue weighted by Crippen LogP contribution is 2.27. The molecule has 3 rings (SSSR count). The van der Waals surface area contributed by atoms with E-state index in [1.807, 2.05) is 0 Å². The highest BCUT2D eigenvalue weighted by atomic mass is 15.2. The molecule has 2 fully saturated rings. The zero-order valence-electron chi connectivity index (χ0n) is 10.7. The largest absolute Gasteiger partial charge is 0.371 e. The van der Waals surface area contributed by atoms with E-state index in [-0.39, 0.29) is 0 Å². The molecule has 1 aliphatic heterocycles. The van der Waals surface area contributed by atoms with E-state index in [2.05, 4.69) is 41.4 Å². The molecule has 0 unspecified atom stereocenters. The molecule has 1 N–H and O–H groups in total. The molecule has 1 aliphatic carbocycles. The van der Waals surface area contributed by atoms with Crippen LogP contribution < -0.4 is 10.2 Å². The third-order valence-corrected chi connectivity index (χ3v) is 3.98. The molecule has 2 aliphatic rings. The van der Waals surface area contributed by atoms with E-state index in [1.54, 1.807) is 0 Å². The second-order valence-corrected chi connectivity index (χ2v) is 5.50. The Morgan fingerprint density at radius 3 is 2.82 bits per heavy atom. The van der Waals surface area contributed by atoms with Gasteiger partial charge in [0.2, 0.25) is 0 Å². The molecule has 0 atom stereocenters. The topological polar surface area (TPSA) is 15.3 Å². The van der Waals surface area contributed by atoms with Gasteiger partial charge in [-0.2, -0.15) is 0 Å². The van der Waals surface area contributed by atoms with Crippen molar-refractivity contribution in [1.29, 1.82) is 0 Å². The maximum atomic E-state index is 3.58. The second kappa shape index (κ2) is 4.69. The summed E-state index contributed by atoms with van der Waals surface area (Å²) in [4.78, 5) is 2.49. The van der Waals surface area contributed by atoms with Gasteiger partial charge in [-0.15, -0.1) is 0 Å². The van der Waals surface area contributed by atoms with Gasteiger partial charge in [-0.25, -0.2) is 0 Å². The molecule has 2 heteroatoms. The number of hydrogen-bond acceptors (Lipinski definition) is 2. The van der Waals surface area contributed by atoms with E-state index in [0.717, 1.165) is 18.5 Å². The molecule has 1 saturated carbocycles. The molecule has 2 nitrogen and oxygen atoms in total. The van der Waals surface area contributed by atoms with Gasteiger partial charge >= 0.3 is 0 Å². The number of benzene rings is 1. The van der Waals surface area contributed by atoms with E-state index in [1.165, 1.54) is 43.6 Å². The number of anilines is 1. The average Bonchev–Trinajstić information content (AvgIpc) is 3.09. The lowest BCUT2D eigenvalue weighted by atomic mass is 9.96. The van der Waals surface area contributed by atoms with Gasteiger partial charge in [-0.05, 0) is 42.9 Å². The van der Waals surface area contributed by atoms with Crippen molar-refractivity contribution in [2.24, 2.45) is 5.92 Å². The second-order valence-electron chi connectivity index (χ2n) is 5.50. The molecule has 0 spiro atoms. The first kappa shape index (κ1) is 11.1. The summed E-state index contributed by atoms with van der Waals surface area (Å²) in [5.41, 5.74) is 2.83. The molecule has 1 aromatic rings. The van der Waals surface area contributed by atoms with Crippen molar-refractivity contribution in [2.75, 3.05) is 18.0 Å². The summed E-state index contributed by atoms with van der Waals surface area (Å²) in [6.45, 7) is 5.81. The zero-order valence-corrected chi connectivity index (χ0v) is 10.7. The van der Waals surface area contributed by atoms with Crippen LogP contribution in [0.5, 0.6) is 0 Å². The van der Waals surface area contributed by atoms with Crippen molar-refractivity contribution >= 4 is 5.69 Å². The molecule has 1 heterocycles. The van der Waals surface area contributed by atoms with Crippen molar-refractivity contribution in [3.8, 4) is 0 Å². The van der Waals surface area contributed by atoms with Gasteiger partial charge in [0.05, 0.1) is 0 Å². The monoisotopic (exact) mass is 230 g/mol. The number of nitrogens with zero attached hydrogens (tertiary/aromatic N) is 1. The summed E-state index contributed by atoms with van der Waals surface area (Å²) in [6.07, 6.45) is 4.05. The number of hydrogen-bond donors (Lipinski definition) is 1. The summed E-state index contributed by atoms with van der Waals surface area (Å²) in [5, 5.41) is 3.58. The third kappa shape index (κ3) is 2.63. The van der Waals surface area contributed by atoms with Crippen LogP contribution in [0, 0.1) is 5.92 Å². The Morgan fingerprint density at radius 1 is 1.29 bits per heavy atom. The summed E-state index contributed by atoms with van der Waals surface area (Å²) in [7, 11) is 0. The minimum atomic E-state index is 0.798. The van der Waals surface area contributed by atoms with Crippen molar-refractivity contribution in [1.82, 2.24) is 5.32 Å². The molecule has 1 aromatic carbocycles. The highest BCUT2D eigenvalue weighted by molar-refractivity contribution is 5.50. The van der Waals surface area contributed by atoms with Gasteiger partial charge in [0.15, 0.2) is 0 Å². The van der Waals surface area contributed by atoms with Crippen LogP contribution in [0.1, 0.15) is 31.7 Å². The zero-order chi connectivity index (χ0) is 11.7. The first-order valence-electron chi connectivity index (χ1n) is 6.92. The predicted molar refractivity (Wildman–Crippen MR) is 72.3 cm³/mol. The molecular formula is C15H22N2. The van der Waals surface area contributed by atoms with Gasteiger partial charge in [-0.3, -0.25) is 0 Å². The SMILES string of the molecule is CCC1CN(c2cccc(CNC3CC3)c2)C1. The van der Waals surface area contributed by atoms with Crippen molar-refractivity contribution in [3.63, 3.8) is 0 Å². The van der Waals surface area contributed by atoms with Crippen molar-refractivity contribution in [3.05, 3.63) is 29.8 Å². The van der Waals surface area contributed by atoms with E-state index >= 15 is 0 Å². The highest BCUT2D eigenvalue weighted by Gasteiger charge is 2.25. The van der Waals surface area contributed by atoms with E-state index < -0.39 is 0 Å². The standard InChI is InChI=1S/C15H22N2/c1-2-12-10-17(11-12)15-5-3-4-13(8-15)9-16-14-6-7-14/h3-5,8,12,14,16H,2,6-7,9-11H2,1H3. The Balaban J connectivity index is 1.58. The Kier molecular flexibility index (Phi) is 3.06. The van der Waals surface area contributed by atoms with Crippen LogP contribution in [0.3, 0.4) is 0 Å². The lowest BCUT2D eigenvalue weighted by Crippen LogP contribution is -2.46. The maximum Gasteiger partial charge on any atom is 0.0369 e. The number of nitrogens with one attached hydrogen (secondary N) is 1. The molecule has 1 saturated heterocycles. The third-order valence-electron chi connectivity index (χ3n) is 3.98. The normalized spacial score (nSPS) is 20.4. The molecule has 0 bridgehead atoms. The first-order valence-corrected chi connectivity index (χ1v) is 6.92. The lowest BCUT2D eigenvalue weighted by Gasteiger charge is -2.41. The predicted octanol–water partition coefficient (Wildman–Crippen LogP) is 2.78. The van der Waals surface area contributed by atoms with E-state index in [4.69, 9.17) is 0 Å². The molecule has 0 aromatic heterocycles. The van der Waals surface area contributed by atoms with Crippen LogP contribution in [-0.4, -0.2) is 19.1 Å². The summed E-state index contributed by atoms with van der Waals surface area (Å²) in [5.74, 6) is 0.920. The Hall–Kier alpha value is -1.02. The van der Waals surface area contributed by atoms with Gasteiger partial charge in [0.1, 0.15) is 0 Å². The molecule has 92 valence electrons. The molecule has 0 radical (unpaired) electrons. The molecular weight excluding hydrogens is 208 g/mol. The fourth-order valence-corrected chi connectivity index (χ4v) is 2.45. The average molecular weight is 230 g/mol. The fourth-order valence-electron chi connectivity index (χ4n) is 2.45. The van der Waals surface area contributed by atoms with Gasteiger partial charge in [0, 0.05) is 31.4 Å². The molecule has 0 amide bonds. The fraction of sp³-hybridized carbons (Fsp3) is 0.600. The van der Waals surface area contributed by atoms with E-state index in [9.17, 15) is 0 Å². The Morgan fingerprint density at radius 2 is 2.12 bits per heavy atom. The van der Waals surface area contributed by atoms with Crippen LogP contribution in [0.2, 0.25) is 0 Å². The van der Waals surface area contributed by atoms with Gasteiger partial charge in [-0.1, -0.05) is 19.1 Å². The first-order chi connectivity index (χ1) is 8.35. The summed E-state index contributed by atoms with van der Waals surface area (Å²) >= 11 is 0. The maximum absolute atomic E-state index is 3.58. The minimum Gasteiger partial charge on any atom is -0.371 e. The Bertz CT molecular complexity index is 378. The molecule has 17 heavy (non-hydrogen) atoms. The van der Waals surface area contributed by atoms with E-state index in [0.29, 0.717) is 0 Å². The summed E-state index contributed by atoms with van der Waals surface area (Å²) in [6, 6.07) is 9.81. The van der Waals surface area contributed by atoms with Gasteiger partial charge < -0.3 is 10.2 Å². The lowest BCUT2D eigenvalue weighted by molar-refractivity contribution is 0.399.